The second kappa shape index (κ2) is 5.93. The second-order valence-electron chi connectivity index (χ2n) is 4.41. The first-order chi connectivity index (χ1) is 10.1. The van der Waals surface area contributed by atoms with Gasteiger partial charge < -0.3 is 4.57 Å². The molecule has 2 heterocycles. The molecule has 21 heavy (non-hydrogen) atoms. The Bertz CT molecular complexity index is 878. The molecule has 3 aromatic rings. The van der Waals surface area contributed by atoms with Crippen molar-refractivity contribution in [3.8, 4) is 0 Å². The summed E-state index contributed by atoms with van der Waals surface area (Å²) in [6.45, 7) is 0. The van der Waals surface area contributed by atoms with Crippen LogP contribution in [0.1, 0.15) is 4.88 Å². The number of thiazole rings is 1. The summed E-state index contributed by atoms with van der Waals surface area (Å²) in [6, 6.07) is 7.35. The van der Waals surface area contributed by atoms with Crippen molar-refractivity contribution in [3.63, 3.8) is 0 Å². The fourth-order valence-electron chi connectivity index (χ4n) is 1.99. The molecule has 0 atom stereocenters. The zero-order valence-electron chi connectivity index (χ0n) is 11.0. The molecule has 7 heteroatoms. The van der Waals surface area contributed by atoms with Gasteiger partial charge in [0, 0.05) is 11.9 Å². The third-order valence-corrected chi connectivity index (χ3v) is 5.75. The summed E-state index contributed by atoms with van der Waals surface area (Å²) >= 11 is 15.3. The van der Waals surface area contributed by atoms with Crippen molar-refractivity contribution in [2.24, 2.45) is 12.0 Å². The van der Waals surface area contributed by atoms with Crippen LogP contribution in [0.15, 0.2) is 34.6 Å². The number of rotatable bonds is 2. The highest BCUT2D eigenvalue weighted by atomic mass is 35.5. The maximum atomic E-state index is 12.0. The van der Waals surface area contributed by atoms with Gasteiger partial charge in [-0.15, -0.1) is 11.3 Å². The summed E-state index contributed by atoms with van der Waals surface area (Å²) in [7, 11) is 1.83. The van der Waals surface area contributed by atoms with Gasteiger partial charge in [-0.05, 0) is 23.6 Å². The number of hydrogen-bond acceptors (Lipinski definition) is 3. The standard InChI is InChI=1S/C14H10Cl2N2OS2/c1-18-12-9(15)4-5-10(16)13(12)21-14(18)17-11(19)7-8-3-2-6-20-8/h2-6H,7H2,1H3. The van der Waals surface area contributed by atoms with E-state index in [2.05, 4.69) is 4.99 Å². The SMILES string of the molecule is Cn1c(=NC(=O)Cc2cccs2)sc2c(Cl)ccc(Cl)c21. The number of halogens is 2. The zero-order chi connectivity index (χ0) is 15.0. The molecule has 3 rings (SSSR count). The van der Waals surface area contributed by atoms with E-state index in [0.29, 0.717) is 21.3 Å². The molecule has 0 unspecified atom stereocenters. The number of fused-ring (bicyclic) bond motifs is 1. The molecule has 0 saturated heterocycles. The summed E-state index contributed by atoms with van der Waals surface area (Å²) in [5, 5.41) is 3.16. The quantitative estimate of drug-likeness (QED) is 0.674. The number of aryl methyl sites for hydroxylation is 1. The Labute approximate surface area is 139 Å². The maximum absolute atomic E-state index is 12.0. The summed E-state index contributed by atoms with van der Waals surface area (Å²) in [4.78, 5) is 17.8. The Morgan fingerprint density at radius 2 is 2.05 bits per heavy atom. The first-order valence-corrected chi connectivity index (χ1v) is 8.55. The molecule has 0 radical (unpaired) electrons. The first-order valence-electron chi connectivity index (χ1n) is 6.09. The number of nitrogens with zero attached hydrogens (tertiary/aromatic N) is 2. The average molecular weight is 357 g/mol. The van der Waals surface area contributed by atoms with Crippen molar-refractivity contribution in [3.05, 3.63) is 49.4 Å². The van der Waals surface area contributed by atoms with Crippen LogP contribution in [0.5, 0.6) is 0 Å². The van der Waals surface area contributed by atoms with Crippen molar-refractivity contribution in [1.82, 2.24) is 4.57 Å². The van der Waals surface area contributed by atoms with Crippen molar-refractivity contribution in [2.45, 2.75) is 6.42 Å². The second-order valence-corrected chi connectivity index (χ2v) is 7.24. The van der Waals surface area contributed by atoms with Crippen LogP contribution in [0, 0.1) is 0 Å². The van der Waals surface area contributed by atoms with Gasteiger partial charge in [-0.25, -0.2) is 0 Å². The lowest BCUT2D eigenvalue weighted by Gasteiger charge is -1.99. The number of aromatic nitrogens is 1. The van der Waals surface area contributed by atoms with Crippen LogP contribution >= 0.6 is 45.9 Å². The number of amides is 1. The Balaban J connectivity index is 2.06. The molecule has 1 aromatic carbocycles. The smallest absolute Gasteiger partial charge is 0.253 e. The highest BCUT2D eigenvalue weighted by Gasteiger charge is 2.11. The van der Waals surface area contributed by atoms with E-state index in [1.165, 1.54) is 11.3 Å². The van der Waals surface area contributed by atoms with Crippen LogP contribution in [0.4, 0.5) is 0 Å². The minimum absolute atomic E-state index is 0.174. The van der Waals surface area contributed by atoms with E-state index in [0.717, 1.165) is 15.1 Å². The minimum atomic E-state index is -0.174. The molecule has 0 bridgehead atoms. The molecule has 3 nitrogen and oxygen atoms in total. The van der Waals surface area contributed by atoms with Crippen LogP contribution in [-0.4, -0.2) is 10.5 Å². The Kier molecular flexibility index (Phi) is 4.17. The zero-order valence-corrected chi connectivity index (χ0v) is 14.1. The Morgan fingerprint density at radius 3 is 2.71 bits per heavy atom. The van der Waals surface area contributed by atoms with E-state index in [9.17, 15) is 4.79 Å². The van der Waals surface area contributed by atoms with Crippen molar-refractivity contribution in [2.75, 3.05) is 0 Å². The van der Waals surface area contributed by atoms with Gasteiger partial charge in [-0.1, -0.05) is 40.6 Å². The molecule has 1 amide bonds. The molecule has 0 spiro atoms. The largest absolute Gasteiger partial charge is 0.318 e. The molecule has 0 aliphatic rings. The van der Waals surface area contributed by atoms with Crippen LogP contribution in [-0.2, 0) is 18.3 Å². The molecule has 108 valence electrons. The molecular formula is C14H10Cl2N2OS2. The molecule has 0 N–H and O–H groups in total. The van der Waals surface area contributed by atoms with Crippen molar-refractivity contribution >= 4 is 62.0 Å². The third kappa shape index (κ3) is 2.92. The lowest BCUT2D eigenvalue weighted by molar-refractivity contribution is -0.117. The van der Waals surface area contributed by atoms with E-state index in [4.69, 9.17) is 23.2 Å². The predicted octanol–water partition coefficient (Wildman–Crippen LogP) is 4.28. The molecule has 2 aromatic heterocycles. The molecule has 0 aliphatic carbocycles. The summed E-state index contributed by atoms with van der Waals surface area (Å²) in [5.74, 6) is -0.174. The Morgan fingerprint density at radius 1 is 1.29 bits per heavy atom. The van der Waals surface area contributed by atoms with Gasteiger partial charge in [0.25, 0.3) is 5.91 Å². The van der Waals surface area contributed by atoms with E-state index in [1.54, 1.807) is 28.0 Å². The fraction of sp³-hybridized carbons (Fsp3) is 0.143. The van der Waals surface area contributed by atoms with Crippen LogP contribution in [0.3, 0.4) is 0 Å². The Hall–Kier alpha value is -1.14. The van der Waals surface area contributed by atoms with Crippen LogP contribution < -0.4 is 4.80 Å². The maximum Gasteiger partial charge on any atom is 0.253 e. The van der Waals surface area contributed by atoms with Crippen LogP contribution in [0.2, 0.25) is 10.0 Å². The van der Waals surface area contributed by atoms with E-state index in [-0.39, 0.29) is 5.91 Å². The monoisotopic (exact) mass is 356 g/mol. The topological polar surface area (TPSA) is 34.4 Å². The highest BCUT2D eigenvalue weighted by molar-refractivity contribution is 7.17. The number of carbonyl (C=O) groups excluding carboxylic acids is 1. The highest BCUT2D eigenvalue weighted by Crippen LogP contribution is 2.31. The van der Waals surface area contributed by atoms with Crippen molar-refractivity contribution in [1.29, 1.82) is 0 Å². The molecular weight excluding hydrogens is 347 g/mol. The molecule has 0 aliphatic heterocycles. The minimum Gasteiger partial charge on any atom is -0.318 e. The lowest BCUT2D eigenvalue weighted by atomic mass is 10.3. The number of carbonyl (C=O) groups is 1. The van der Waals surface area contributed by atoms with Gasteiger partial charge in [0.05, 0.1) is 26.7 Å². The van der Waals surface area contributed by atoms with Crippen LogP contribution in [0.25, 0.3) is 10.2 Å². The third-order valence-electron chi connectivity index (χ3n) is 2.98. The number of hydrogen-bond donors (Lipinski definition) is 0. The van der Waals surface area contributed by atoms with Gasteiger partial charge >= 0.3 is 0 Å². The van der Waals surface area contributed by atoms with Gasteiger partial charge in [0.1, 0.15) is 0 Å². The van der Waals surface area contributed by atoms with Gasteiger partial charge in [-0.3, -0.25) is 4.79 Å². The predicted molar refractivity (Wildman–Crippen MR) is 89.4 cm³/mol. The number of thiophene rings is 1. The summed E-state index contributed by atoms with van der Waals surface area (Å²) in [5.41, 5.74) is 0.803. The molecule has 0 fully saturated rings. The van der Waals surface area contributed by atoms with Gasteiger partial charge in [0.15, 0.2) is 4.80 Å². The van der Waals surface area contributed by atoms with Crippen molar-refractivity contribution < 1.29 is 4.79 Å². The molecule has 0 saturated carbocycles. The summed E-state index contributed by atoms with van der Waals surface area (Å²) < 4.78 is 2.65. The van der Waals surface area contributed by atoms with E-state index < -0.39 is 0 Å². The van der Waals surface area contributed by atoms with Gasteiger partial charge in [0.2, 0.25) is 0 Å². The number of benzene rings is 1. The normalized spacial score (nSPS) is 12.2. The van der Waals surface area contributed by atoms with E-state index >= 15 is 0 Å². The van der Waals surface area contributed by atoms with Gasteiger partial charge in [-0.2, -0.15) is 4.99 Å². The fourth-order valence-corrected chi connectivity index (χ4v) is 4.37. The lowest BCUT2D eigenvalue weighted by Crippen LogP contribution is -2.14. The first kappa shape index (κ1) is 14.8. The van der Waals surface area contributed by atoms with E-state index in [1.807, 2.05) is 24.6 Å². The summed E-state index contributed by atoms with van der Waals surface area (Å²) in [6.07, 6.45) is 0.313. The average Bonchev–Trinajstić information content (AvgIpc) is 3.04.